The molecule has 0 aromatic carbocycles. The molecular formula is C14H28N2O. The van der Waals surface area contributed by atoms with Crippen LogP contribution in [0.1, 0.15) is 51.9 Å². The summed E-state index contributed by atoms with van der Waals surface area (Å²) in [6, 6.07) is 0.959. The molecule has 0 spiro atoms. The van der Waals surface area contributed by atoms with Crippen LogP contribution < -0.4 is 5.32 Å². The third-order valence-corrected chi connectivity index (χ3v) is 4.42. The van der Waals surface area contributed by atoms with Crippen LogP contribution in [0, 0.1) is 0 Å². The minimum atomic E-state index is -0.114. The quantitative estimate of drug-likeness (QED) is 0.786. The molecule has 0 aromatic rings. The van der Waals surface area contributed by atoms with Crippen LogP contribution in [0.5, 0.6) is 0 Å². The average Bonchev–Trinajstić information content (AvgIpc) is 2.38. The molecular weight excluding hydrogens is 212 g/mol. The van der Waals surface area contributed by atoms with E-state index in [1.54, 1.807) is 0 Å². The maximum absolute atomic E-state index is 9.92. The molecule has 3 heteroatoms. The van der Waals surface area contributed by atoms with E-state index in [0.717, 1.165) is 19.4 Å². The Kier molecular flexibility index (Phi) is 5.26. The van der Waals surface area contributed by atoms with Gasteiger partial charge < -0.3 is 10.4 Å². The highest BCUT2D eigenvalue weighted by atomic mass is 16.3. The topological polar surface area (TPSA) is 35.5 Å². The van der Waals surface area contributed by atoms with E-state index in [-0.39, 0.29) is 6.10 Å². The van der Waals surface area contributed by atoms with Crippen molar-refractivity contribution in [3.63, 3.8) is 0 Å². The molecule has 0 amide bonds. The third kappa shape index (κ3) is 3.94. The van der Waals surface area contributed by atoms with Crippen LogP contribution in [0.25, 0.3) is 0 Å². The number of likely N-dealkylation sites (tertiary alicyclic amines) is 1. The largest absolute Gasteiger partial charge is 0.392 e. The number of aliphatic hydroxyl groups excluding tert-OH is 1. The van der Waals surface area contributed by atoms with Gasteiger partial charge in [0.1, 0.15) is 0 Å². The zero-order valence-corrected chi connectivity index (χ0v) is 11.2. The molecule has 0 radical (unpaired) electrons. The molecule has 1 unspecified atom stereocenters. The molecule has 1 saturated heterocycles. The summed E-state index contributed by atoms with van der Waals surface area (Å²) >= 11 is 0. The van der Waals surface area contributed by atoms with E-state index in [1.807, 2.05) is 0 Å². The van der Waals surface area contributed by atoms with Crippen LogP contribution in [0.3, 0.4) is 0 Å². The molecule has 100 valence electrons. The third-order valence-electron chi connectivity index (χ3n) is 4.42. The fraction of sp³-hybridized carbons (Fsp3) is 1.00. The summed E-state index contributed by atoms with van der Waals surface area (Å²) in [4.78, 5) is 2.59. The highest BCUT2D eigenvalue weighted by Crippen LogP contribution is 2.18. The van der Waals surface area contributed by atoms with Crippen LogP contribution in [-0.2, 0) is 0 Å². The van der Waals surface area contributed by atoms with Gasteiger partial charge in [-0.2, -0.15) is 0 Å². The predicted octanol–water partition coefficient (Wildman–Crippen LogP) is 1.75. The zero-order valence-electron chi connectivity index (χ0n) is 11.2. The molecule has 3 atom stereocenters. The lowest BCUT2D eigenvalue weighted by Gasteiger charge is -2.35. The number of hydrogen-bond acceptors (Lipinski definition) is 3. The van der Waals surface area contributed by atoms with Crippen molar-refractivity contribution in [1.82, 2.24) is 10.2 Å². The van der Waals surface area contributed by atoms with Gasteiger partial charge in [0.05, 0.1) is 6.10 Å². The molecule has 0 bridgehead atoms. The first-order valence-electron chi connectivity index (χ1n) is 7.43. The Balaban J connectivity index is 1.69. The molecule has 1 aliphatic heterocycles. The van der Waals surface area contributed by atoms with E-state index in [2.05, 4.69) is 17.1 Å². The summed E-state index contributed by atoms with van der Waals surface area (Å²) in [6.45, 7) is 5.86. The number of nitrogens with one attached hydrogen (secondary N) is 1. The van der Waals surface area contributed by atoms with Crippen molar-refractivity contribution in [2.45, 2.75) is 70.1 Å². The second-order valence-corrected chi connectivity index (χ2v) is 5.81. The first-order chi connectivity index (χ1) is 8.27. The normalized spacial score (nSPS) is 33.5. The van der Waals surface area contributed by atoms with Crippen LogP contribution in [-0.4, -0.2) is 47.8 Å². The van der Waals surface area contributed by atoms with Gasteiger partial charge in [-0.15, -0.1) is 0 Å². The first-order valence-corrected chi connectivity index (χ1v) is 7.43. The van der Waals surface area contributed by atoms with Crippen molar-refractivity contribution in [2.75, 3.05) is 19.6 Å². The van der Waals surface area contributed by atoms with Gasteiger partial charge in [0.2, 0.25) is 0 Å². The fourth-order valence-electron chi connectivity index (χ4n) is 3.16. The number of piperidine rings is 1. The lowest BCUT2D eigenvalue weighted by Crippen LogP contribution is -2.49. The highest BCUT2D eigenvalue weighted by molar-refractivity contribution is 4.82. The number of nitrogens with zero attached hydrogens (tertiary/aromatic N) is 1. The van der Waals surface area contributed by atoms with Crippen molar-refractivity contribution < 1.29 is 5.11 Å². The van der Waals surface area contributed by atoms with Gasteiger partial charge in [0.25, 0.3) is 0 Å². The van der Waals surface area contributed by atoms with Gasteiger partial charge >= 0.3 is 0 Å². The van der Waals surface area contributed by atoms with Gasteiger partial charge in [-0.3, -0.25) is 4.90 Å². The van der Waals surface area contributed by atoms with E-state index >= 15 is 0 Å². The molecule has 2 aliphatic rings. The monoisotopic (exact) mass is 240 g/mol. The molecule has 2 N–H and O–H groups in total. The molecule has 2 rings (SSSR count). The molecule has 3 nitrogen and oxygen atoms in total. The zero-order chi connectivity index (χ0) is 12.1. The summed E-state index contributed by atoms with van der Waals surface area (Å²) < 4.78 is 0. The second-order valence-electron chi connectivity index (χ2n) is 5.81. The number of rotatable bonds is 4. The molecule has 1 saturated carbocycles. The van der Waals surface area contributed by atoms with Crippen LogP contribution in [0.2, 0.25) is 0 Å². The van der Waals surface area contributed by atoms with E-state index < -0.39 is 0 Å². The molecule has 0 aromatic heterocycles. The number of aliphatic hydroxyl groups is 1. The molecule has 1 aliphatic carbocycles. The summed E-state index contributed by atoms with van der Waals surface area (Å²) in [5.74, 6) is 0. The Bertz CT molecular complexity index is 216. The smallest absolute Gasteiger partial charge is 0.0693 e. The summed E-state index contributed by atoms with van der Waals surface area (Å²) in [5, 5.41) is 13.5. The maximum Gasteiger partial charge on any atom is 0.0693 e. The van der Waals surface area contributed by atoms with Crippen molar-refractivity contribution >= 4 is 0 Å². The minimum Gasteiger partial charge on any atom is -0.392 e. The summed E-state index contributed by atoms with van der Waals surface area (Å²) in [6.07, 6.45) is 8.60. The lowest BCUT2D eigenvalue weighted by atomic mass is 9.92. The molecule has 1 heterocycles. The van der Waals surface area contributed by atoms with Gasteiger partial charge in [0.15, 0.2) is 0 Å². The fourth-order valence-corrected chi connectivity index (χ4v) is 3.16. The van der Waals surface area contributed by atoms with E-state index in [9.17, 15) is 5.11 Å². The van der Waals surface area contributed by atoms with Crippen LogP contribution in [0.15, 0.2) is 0 Å². The Morgan fingerprint density at radius 2 is 1.82 bits per heavy atom. The van der Waals surface area contributed by atoms with Gasteiger partial charge in [-0.1, -0.05) is 19.3 Å². The number of hydrogen-bond donors (Lipinski definition) is 2. The predicted molar refractivity (Wildman–Crippen MR) is 71.2 cm³/mol. The molecule has 2 fully saturated rings. The van der Waals surface area contributed by atoms with Gasteiger partial charge in [-0.25, -0.2) is 0 Å². The Labute approximate surface area is 106 Å². The highest BCUT2D eigenvalue weighted by Gasteiger charge is 2.24. The van der Waals surface area contributed by atoms with Crippen molar-refractivity contribution in [3.8, 4) is 0 Å². The van der Waals surface area contributed by atoms with E-state index in [1.165, 1.54) is 45.2 Å². The van der Waals surface area contributed by atoms with Gasteiger partial charge in [0, 0.05) is 18.6 Å². The van der Waals surface area contributed by atoms with E-state index in [0.29, 0.717) is 12.1 Å². The van der Waals surface area contributed by atoms with Crippen LogP contribution >= 0.6 is 0 Å². The Morgan fingerprint density at radius 3 is 2.53 bits per heavy atom. The summed E-state index contributed by atoms with van der Waals surface area (Å²) in [7, 11) is 0. The molecule has 17 heavy (non-hydrogen) atoms. The van der Waals surface area contributed by atoms with E-state index in [4.69, 9.17) is 0 Å². The van der Waals surface area contributed by atoms with Crippen molar-refractivity contribution in [1.29, 1.82) is 0 Å². The Morgan fingerprint density at radius 1 is 1.12 bits per heavy atom. The maximum atomic E-state index is 9.92. The average molecular weight is 240 g/mol. The SMILES string of the molecule is CC(CN[C@H]1CCCC[C@@H]1O)N1CCCCC1. The standard InChI is InChI=1S/C14H28N2O/c1-12(16-9-5-2-6-10-16)11-15-13-7-3-4-8-14(13)17/h12-15,17H,2-11H2,1H3/t12?,13-,14-/m0/s1. The lowest BCUT2D eigenvalue weighted by molar-refractivity contribution is 0.0835. The minimum absolute atomic E-state index is 0.114. The van der Waals surface area contributed by atoms with Crippen molar-refractivity contribution in [2.24, 2.45) is 0 Å². The van der Waals surface area contributed by atoms with Gasteiger partial charge in [-0.05, 0) is 45.7 Å². The second kappa shape index (κ2) is 6.72. The Hall–Kier alpha value is -0.120. The van der Waals surface area contributed by atoms with Crippen LogP contribution in [0.4, 0.5) is 0 Å². The first kappa shape index (κ1) is 13.3. The summed E-state index contributed by atoms with van der Waals surface area (Å²) in [5.41, 5.74) is 0. The van der Waals surface area contributed by atoms with Crippen molar-refractivity contribution in [3.05, 3.63) is 0 Å².